The summed E-state index contributed by atoms with van der Waals surface area (Å²) in [6.07, 6.45) is 2.90. The van der Waals surface area contributed by atoms with E-state index in [9.17, 15) is 0 Å². The summed E-state index contributed by atoms with van der Waals surface area (Å²) in [6.45, 7) is 3.05. The lowest BCUT2D eigenvalue weighted by Crippen LogP contribution is -2.22. The van der Waals surface area contributed by atoms with Gasteiger partial charge in [0.25, 0.3) is 0 Å². The van der Waals surface area contributed by atoms with Gasteiger partial charge in [0.15, 0.2) is 0 Å². The predicted molar refractivity (Wildman–Crippen MR) is 95.3 cm³/mol. The summed E-state index contributed by atoms with van der Waals surface area (Å²) in [5.74, 6) is 0. The van der Waals surface area contributed by atoms with Crippen molar-refractivity contribution in [1.29, 1.82) is 0 Å². The van der Waals surface area contributed by atoms with E-state index >= 15 is 0 Å². The zero-order valence-electron chi connectivity index (χ0n) is 11.3. The zero-order chi connectivity index (χ0) is 14.7. The molecule has 1 aromatic heterocycles. The summed E-state index contributed by atoms with van der Waals surface area (Å²) in [4.78, 5) is 0. The standard InChI is InChI=1S/C14H16BrClIN3/c1-3-6-20-14(10(15)8-19-20)13(18-2)9-4-5-12(17)11(16)7-9/h4-5,7-8,13,18H,3,6H2,1-2H3. The monoisotopic (exact) mass is 467 g/mol. The first-order valence-corrected chi connectivity index (χ1v) is 8.66. The SMILES string of the molecule is CCCn1ncc(Br)c1C(NC)c1ccc(I)c(Cl)c1. The third-order valence-corrected chi connectivity index (χ3v) is 5.29. The second-order valence-electron chi connectivity index (χ2n) is 4.50. The van der Waals surface area contributed by atoms with Gasteiger partial charge in [0.1, 0.15) is 0 Å². The van der Waals surface area contributed by atoms with E-state index in [1.165, 1.54) is 0 Å². The number of hydrogen-bond donors (Lipinski definition) is 1. The van der Waals surface area contributed by atoms with Crippen molar-refractivity contribution in [3.05, 3.63) is 48.7 Å². The lowest BCUT2D eigenvalue weighted by molar-refractivity contribution is 0.533. The highest BCUT2D eigenvalue weighted by Gasteiger charge is 2.20. The number of aromatic nitrogens is 2. The highest BCUT2D eigenvalue weighted by molar-refractivity contribution is 14.1. The average molecular weight is 469 g/mol. The molecule has 0 radical (unpaired) electrons. The van der Waals surface area contributed by atoms with E-state index in [4.69, 9.17) is 11.6 Å². The Balaban J connectivity index is 2.46. The largest absolute Gasteiger partial charge is 0.308 e. The summed E-state index contributed by atoms with van der Waals surface area (Å²) in [7, 11) is 1.95. The van der Waals surface area contributed by atoms with Crippen LogP contribution in [0.3, 0.4) is 0 Å². The molecule has 1 heterocycles. The Bertz CT molecular complexity index is 600. The molecule has 0 aliphatic rings. The second kappa shape index (κ2) is 7.24. The first-order valence-electron chi connectivity index (χ1n) is 6.41. The Morgan fingerprint density at radius 1 is 1.50 bits per heavy atom. The second-order valence-corrected chi connectivity index (χ2v) is 6.92. The summed E-state index contributed by atoms with van der Waals surface area (Å²) < 4.78 is 4.11. The molecule has 108 valence electrons. The summed E-state index contributed by atoms with van der Waals surface area (Å²) in [6, 6.07) is 6.22. The van der Waals surface area contributed by atoms with E-state index < -0.39 is 0 Å². The molecule has 0 saturated carbocycles. The number of halogens is 3. The van der Waals surface area contributed by atoms with Crippen LogP contribution in [0.15, 0.2) is 28.9 Å². The van der Waals surface area contributed by atoms with Crippen LogP contribution in [0.2, 0.25) is 5.02 Å². The molecule has 20 heavy (non-hydrogen) atoms. The zero-order valence-corrected chi connectivity index (χ0v) is 15.8. The fraction of sp³-hybridized carbons (Fsp3) is 0.357. The molecule has 0 saturated heterocycles. The molecule has 6 heteroatoms. The van der Waals surface area contributed by atoms with Crippen LogP contribution in [0.1, 0.15) is 30.6 Å². The third-order valence-electron chi connectivity index (χ3n) is 3.11. The molecule has 2 aromatic rings. The minimum atomic E-state index is 0.0629. The van der Waals surface area contributed by atoms with Crippen LogP contribution in [-0.4, -0.2) is 16.8 Å². The van der Waals surface area contributed by atoms with E-state index in [0.29, 0.717) is 0 Å². The number of benzene rings is 1. The molecule has 0 aliphatic heterocycles. The van der Waals surface area contributed by atoms with Gasteiger partial charge in [-0.25, -0.2) is 0 Å². The van der Waals surface area contributed by atoms with E-state index in [1.807, 2.05) is 30.1 Å². The molecule has 0 fully saturated rings. The van der Waals surface area contributed by atoms with Crippen LogP contribution in [0.25, 0.3) is 0 Å². The average Bonchev–Trinajstić information content (AvgIpc) is 2.77. The van der Waals surface area contributed by atoms with Crippen molar-refractivity contribution in [3.8, 4) is 0 Å². The molecule has 1 N–H and O–H groups in total. The van der Waals surface area contributed by atoms with Gasteiger partial charge in [0, 0.05) is 10.1 Å². The Kier molecular flexibility index (Phi) is 5.89. The topological polar surface area (TPSA) is 29.9 Å². The molecule has 1 aromatic carbocycles. The molecule has 0 amide bonds. The fourth-order valence-electron chi connectivity index (χ4n) is 2.20. The van der Waals surface area contributed by atoms with Gasteiger partial charge in [0.05, 0.1) is 27.4 Å². The maximum Gasteiger partial charge on any atom is 0.0757 e. The van der Waals surface area contributed by atoms with Crippen LogP contribution in [0.5, 0.6) is 0 Å². The Labute approximate surface area is 146 Å². The molecule has 1 unspecified atom stereocenters. The maximum absolute atomic E-state index is 6.25. The highest BCUT2D eigenvalue weighted by atomic mass is 127. The normalized spacial score (nSPS) is 12.7. The van der Waals surface area contributed by atoms with Crippen molar-refractivity contribution in [2.45, 2.75) is 25.9 Å². The molecule has 0 spiro atoms. The van der Waals surface area contributed by atoms with Crippen LogP contribution in [-0.2, 0) is 6.54 Å². The minimum Gasteiger partial charge on any atom is -0.308 e. The first kappa shape index (κ1) is 16.3. The van der Waals surface area contributed by atoms with Crippen LogP contribution in [0, 0.1) is 3.57 Å². The predicted octanol–water partition coefficient (Wildman–Crippen LogP) is 4.62. The van der Waals surface area contributed by atoms with E-state index in [1.54, 1.807) is 0 Å². The van der Waals surface area contributed by atoms with Crippen molar-refractivity contribution in [3.63, 3.8) is 0 Å². The fourth-order valence-corrected chi connectivity index (χ4v) is 3.25. The van der Waals surface area contributed by atoms with Gasteiger partial charge >= 0.3 is 0 Å². The van der Waals surface area contributed by atoms with E-state index in [0.717, 1.165) is 37.3 Å². The molecule has 1 atom stereocenters. The number of hydrogen-bond acceptors (Lipinski definition) is 2. The Morgan fingerprint density at radius 2 is 2.25 bits per heavy atom. The summed E-state index contributed by atoms with van der Waals surface area (Å²) >= 11 is 12.1. The van der Waals surface area contributed by atoms with Crippen LogP contribution in [0.4, 0.5) is 0 Å². The van der Waals surface area contributed by atoms with Gasteiger partial charge < -0.3 is 5.32 Å². The number of nitrogens with one attached hydrogen (secondary N) is 1. The van der Waals surface area contributed by atoms with Crippen LogP contribution < -0.4 is 5.32 Å². The van der Waals surface area contributed by atoms with Crippen molar-refractivity contribution in [2.75, 3.05) is 7.05 Å². The Morgan fingerprint density at radius 3 is 2.85 bits per heavy atom. The smallest absolute Gasteiger partial charge is 0.0757 e. The lowest BCUT2D eigenvalue weighted by atomic mass is 10.0. The van der Waals surface area contributed by atoms with Gasteiger partial charge in [-0.15, -0.1) is 0 Å². The van der Waals surface area contributed by atoms with Gasteiger partial charge in [-0.2, -0.15) is 5.10 Å². The first-order chi connectivity index (χ1) is 9.58. The molecule has 2 rings (SSSR count). The van der Waals surface area contributed by atoms with Crippen molar-refractivity contribution in [1.82, 2.24) is 15.1 Å². The summed E-state index contributed by atoms with van der Waals surface area (Å²) in [5.41, 5.74) is 2.27. The van der Waals surface area contributed by atoms with Gasteiger partial charge in [-0.1, -0.05) is 24.6 Å². The van der Waals surface area contributed by atoms with Gasteiger partial charge in [0.2, 0.25) is 0 Å². The summed E-state index contributed by atoms with van der Waals surface area (Å²) in [5, 5.41) is 8.57. The van der Waals surface area contributed by atoms with Gasteiger partial charge in [-0.05, 0) is 69.7 Å². The third kappa shape index (κ3) is 3.37. The van der Waals surface area contributed by atoms with Crippen molar-refractivity contribution < 1.29 is 0 Å². The molecule has 0 aliphatic carbocycles. The molecular weight excluding hydrogens is 452 g/mol. The quantitative estimate of drug-likeness (QED) is 0.649. The molecule has 3 nitrogen and oxygen atoms in total. The molecule has 0 bridgehead atoms. The van der Waals surface area contributed by atoms with Crippen molar-refractivity contribution in [2.24, 2.45) is 0 Å². The van der Waals surface area contributed by atoms with E-state index in [2.05, 4.69) is 61.9 Å². The van der Waals surface area contributed by atoms with Gasteiger partial charge in [-0.3, -0.25) is 4.68 Å². The molecular formula is C14H16BrClIN3. The number of aryl methyl sites for hydroxylation is 1. The number of nitrogens with zero attached hydrogens (tertiary/aromatic N) is 2. The maximum atomic E-state index is 6.25. The number of rotatable bonds is 5. The van der Waals surface area contributed by atoms with Crippen molar-refractivity contribution >= 4 is 50.1 Å². The van der Waals surface area contributed by atoms with Crippen LogP contribution >= 0.6 is 50.1 Å². The Hall–Kier alpha value is -0.110. The minimum absolute atomic E-state index is 0.0629. The van der Waals surface area contributed by atoms with E-state index in [-0.39, 0.29) is 6.04 Å². The highest BCUT2D eigenvalue weighted by Crippen LogP contribution is 2.31. The lowest BCUT2D eigenvalue weighted by Gasteiger charge is -2.19.